The molecule has 0 spiro atoms. The van der Waals surface area contributed by atoms with Crippen LogP contribution in [0.5, 0.6) is 5.75 Å². The van der Waals surface area contributed by atoms with Crippen molar-refractivity contribution >= 4 is 17.4 Å². The molecule has 6 aliphatic rings. The Bertz CT molecular complexity index is 2010. The van der Waals surface area contributed by atoms with Gasteiger partial charge in [0, 0.05) is 56.4 Å². The Morgan fingerprint density at radius 2 is 1.57 bits per heavy atom. The first kappa shape index (κ1) is 47.9. The minimum absolute atomic E-state index is 0.00232. The first-order valence-electron chi connectivity index (χ1n) is 24.0. The molecule has 1 saturated carbocycles. The van der Waals surface area contributed by atoms with Crippen LogP contribution in [0.1, 0.15) is 85.5 Å². The maximum absolute atomic E-state index is 15.2. The zero-order chi connectivity index (χ0) is 46.1. The molecule has 358 valence electrons. The number of rotatable bonds is 12. The fourth-order valence-electron chi connectivity index (χ4n) is 12.0. The number of aromatic nitrogens is 3. The molecule has 3 aliphatic carbocycles. The molecular formula is C50H72N4O11. The molecule has 17 atom stereocenters. The van der Waals surface area contributed by atoms with E-state index in [4.69, 9.17) is 47.8 Å². The van der Waals surface area contributed by atoms with Crippen molar-refractivity contribution < 1.29 is 52.2 Å². The predicted molar refractivity (Wildman–Crippen MR) is 241 cm³/mol. The molecule has 4 fully saturated rings. The summed E-state index contributed by atoms with van der Waals surface area (Å²) in [6.45, 7) is 8.13. The summed E-state index contributed by atoms with van der Waals surface area (Å²) >= 11 is 0. The summed E-state index contributed by atoms with van der Waals surface area (Å²) in [5.74, 6) is -0.522. The van der Waals surface area contributed by atoms with Gasteiger partial charge in [0.1, 0.15) is 35.9 Å². The smallest absolute Gasteiger partial charge is 0.306 e. The molecule has 1 aromatic heterocycles. The average molecular weight is 905 g/mol. The van der Waals surface area contributed by atoms with Gasteiger partial charge in [0.2, 0.25) is 0 Å². The van der Waals surface area contributed by atoms with Crippen LogP contribution in [0.15, 0.2) is 48.2 Å². The van der Waals surface area contributed by atoms with Gasteiger partial charge in [-0.2, -0.15) is 0 Å². The van der Waals surface area contributed by atoms with Crippen molar-refractivity contribution in [3.63, 3.8) is 0 Å². The van der Waals surface area contributed by atoms with E-state index in [0.717, 1.165) is 42.0 Å². The molecule has 4 heterocycles. The van der Waals surface area contributed by atoms with Gasteiger partial charge < -0.3 is 47.5 Å². The number of likely N-dealkylation sites (N-methyl/N-ethyl adjacent to an activating group) is 1. The van der Waals surface area contributed by atoms with Crippen LogP contribution in [0.4, 0.5) is 0 Å². The van der Waals surface area contributed by atoms with Crippen molar-refractivity contribution in [2.75, 3.05) is 42.5 Å². The normalized spacial score (nSPS) is 39.0. The van der Waals surface area contributed by atoms with Crippen molar-refractivity contribution in [1.82, 2.24) is 19.9 Å². The first-order valence-corrected chi connectivity index (χ1v) is 24.0. The molecule has 3 saturated heterocycles. The van der Waals surface area contributed by atoms with E-state index >= 15 is 4.79 Å². The number of carbonyl (C=O) groups is 2. The Morgan fingerprint density at radius 1 is 0.815 bits per heavy atom. The fraction of sp³-hybridized carbons (Fsp3) is 0.720. The number of hydrogen-bond donors (Lipinski definition) is 0. The van der Waals surface area contributed by atoms with Gasteiger partial charge in [0.15, 0.2) is 18.4 Å². The Hall–Kier alpha value is -3.54. The lowest BCUT2D eigenvalue weighted by Crippen LogP contribution is -2.59. The van der Waals surface area contributed by atoms with Crippen LogP contribution in [0.25, 0.3) is 17.0 Å². The summed E-state index contributed by atoms with van der Waals surface area (Å²) < 4.78 is 57.9. The van der Waals surface area contributed by atoms with Gasteiger partial charge in [0.25, 0.3) is 0 Å². The van der Waals surface area contributed by atoms with Gasteiger partial charge in [-0.15, -0.1) is 5.10 Å². The molecule has 0 bridgehead atoms. The lowest BCUT2D eigenvalue weighted by molar-refractivity contribution is -0.314. The SMILES string of the molecule is CC[C@H]1CCC[C@H](O[C@H]2CC[C@H](N(C)C)C(C)O2)[C@@H](C)C(=O)C2=C[C@@H]3[C@@H](C=C(n4cc(-c5ccc(OC)cc5)nn4)[C@@H]4C[C@@H](OC5OC(C)C(OC)C(OC)C5OC)C[C@@H]34)[C@@H]2CC(=O)O1. The van der Waals surface area contributed by atoms with Crippen LogP contribution in [0, 0.1) is 35.5 Å². The highest BCUT2D eigenvalue weighted by molar-refractivity contribution is 5.99. The van der Waals surface area contributed by atoms with Crippen molar-refractivity contribution in [3.8, 4) is 17.0 Å². The summed E-state index contributed by atoms with van der Waals surface area (Å²) in [6, 6.07) is 8.06. The van der Waals surface area contributed by atoms with Crippen molar-refractivity contribution in [2.45, 2.75) is 153 Å². The fourth-order valence-corrected chi connectivity index (χ4v) is 12.0. The van der Waals surface area contributed by atoms with Gasteiger partial charge in [-0.05, 0) is 127 Å². The number of hydrogen-bond acceptors (Lipinski definition) is 14. The quantitative estimate of drug-likeness (QED) is 0.207. The van der Waals surface area contributed by atoms with E-state index in [1.165, 1.54) is 0 Å². The number of nitrogens with zero attached hydrogens (tertiary/aromatic N) is 4. The summed E-state index contributed by atoms with van der Waals surface area (Å²) in [6.07, 6.45) is 8.98. The number of carbonyl (C=O) groups excluding carboxylic acids is 2. The van der Waals surface area contributed by atoms with E-state index < -0.39 is 36.6 Å². The van der Waals surface area contributed by atoms with E-state index in [-0.39, 0.29) is 78.5 Å². The van der Waals surface area contributed by atoms with Crippen LogP contribution < -0.4 is 4.74 Å². The molecule has 0 radical (unpaired) electrons. The summed E-state index contributed by atoms with van der Waals surface area (Å²) in [4.78, 5) is 31.4. The molecule has 8 rings (SSSR count). The van der Waals surface area contributed by atoms with Gasteiger partial charge in [-0.3, -0.25) is 9.59 Å². The third-order valence-corrected chi connectivity index (χ3v) is 15.5. The highest BCUT2D eigenvalue weighted by atomic mass is 16.7. The second kappa shape index (κ2) is 20.8. The zero-order valence-corrected chi connectivity index (χ0v) is 40.0. The van der Waals surface area contributed by atoms with E-state index in [2.05, 4.69) is 50.1 Å². The number of fused-ring (bicyclic) bond motifs is 5. The van der Waals surface area contributed by atoms with E-state index in [1.807, 2.05) is 49.0 Å². The van der Waals surface area contributed by atoms with Gasteiger partial charge in [0.05, 0.1) is 44.1 Å². The number of benzene rings is 1. The second-order valence-corrected chi connectivity index (χ2v) is 19.4. The van der Waals surface area contributed by atoms with E-state index in [1.54, 1.807) is 28.4 Å². The van der Waals surface area contributed by atoms with Gasteiger partial charge in [-0.25, -0.2) is 4.68 Å². The number of methoxy groups -OCH3 is 4. The van der Waals surface area contributed by atoms with Crippen molar-refractivity contribution in [3.05, 3.63) is 48.2 Å². The first-order chi connectivity index (χ1) is 31.3. The monoisotopic (exact) mass is 905 g/mol. The number of Topliss-reactive ketones (excluding diaryl/α,β-unsaturated/α-hetero) is 1. The molecule has 0 amide bonds. The lowest BCUT2D eigenvalue weighted by Gasteiger charge is -2.44. The molecule has 3 aliphatic heterocycles. The number of allylic oxidation sites excluding steroid dienone is 4. The number of ether oxygens (including phenoxy) is 9. The maximum Gasteiger partial charge on any atom is 0.306 e. The van der Waals surface area contributed by atoms with Crippen LogP contribution in [0.2, 0.25) is 0 Å². The second-order valence-electron chi connectivity index (χ2n) is 19.4. The Morgan fingerprint density at radius 3 is 2.25 bits per heavy atom. The highest BCUT2D eigenvalue weighted by Gasteiger charge is 2.55. The van der Waals surface area contributed by atoms with Crippen LogP contribution in [-0.4, -0.2) is 142 Å². The van der Waals surface area contributed by atoms with Gasteiger partial charge in [-0.1, -0.05) is 31.2 Å². The largest absolute Gasteiger partial charge is 0.497 e. The number of esters is 1. The number of ketones is 1. The highest BCUT2D eigenvalue weighted by Crippen LogP contribution is 2.57. The topological polar surface area (TPSA) is 151 Å². The molecule has 6 unspecified atom stereocenters. The van der Waals surface area contributed by atoms with Gasteiger partial charge >= 0.3 is 5.97 Å². The minimum Gasteiger partial charge on any atom is -0.497 e. The molecule has 65 heavy (non-hydrogen) atoms. The van der Waals surface area contributed by atoms with E-state index in [9.17, 15) is 4.79 Å². The van der Waals surface area contributed by atoms with Crippen LogP contribution in [0.3, 0.4) is 0 Å². The third-order valence-electron chi connectivity index (χ3n) is 15.5. The Kier molecular flexibility index (Phi) is 15.3. The zero-order valence-electron chi connectivity index (χ0n) is 40.0. The Balaban J connectivity index is 1.13. The van der Waals surface area contributed by atoms with E-state index in [0.29, 0.717) is 43.7 Å². The number of cyclic esters (lactones) is 1. The summed E-state index contributed by atoms with van der Waals surface area (Å²) in [7, 11) is 10.8. The van der Waals surface area contributed by atoms with Crippen LogP contribution in [-0.2, 0) is 47.5 Å². The predicted octanol–water partition coefficient (Wildman–Crippen LogP) is 6.74. The molecule has 15 heteroatoms. The van der Waals surface area contributed by atoms with Crippen molar-refractivity contribution in [2.24, 2.45) is 35.5 Å². The standard InChI is InChI=1S/C50H72N4O11/c1-11-31-13-12-14-43(65-45-20-19-41(53(5)6)28(3)61-45)27(2)46(56)39-23-35-34-21-33(64-50-49(60-10)48(59-9)47(58-8)29(4)62-50)22-38(34)42(24-36(35)37(39)25-44(55)63-31)54-26-40(51-52-54)30-15-17-32(57-7)18-16-30/h15-18,23-24,26-29,31,33-38,41,43,45,47-50H,11-14,19-22,25H2,1-10H3/t27-,28?,29?,31+,33+,34+,35+,36-,37+,38-,41+,43+,45+,47?,48?,49?,50?/m1/s1. The molecule has 0 N–H and O–H groups in total. The summed E-state index contributed by atoms with van der Waals surface area (Å²) in [5.41, 5.74) is 3.30. The Labute approximate surface area is 384 Å². The third kappa shape index (κ3) is 9.90. The van der Waals surface area contributed by atoms with Crippen LogP contribution >= 0.6 is 0 Å². The molecule has 1 aromatic carbocycles. The molecule has 15 nitrogen and oxygen atoms in total. The molecular weight excluding hydrogens is 833 g/mol. The average Bonchev–Trinajstić information content (AvgIpc) is 4.05. The van der Waals surface area contributed by atoms with Crippen molar-refractivity contribution in [1.29, 1.82) is 0 Å². The maximum atomic E-state index is 15.2. The summed E-state index contributed by atoms with van der Waals surface area (Å²) in [5, 5.41) is 9.37. The molecule has 2 aromatic rings. The minimum atomic E-state index is -0.699. The lowest BCUT2D eigenvalue weighted by atomic mass is 9.69.